The highest BCUT2D eigenvalue weighted by atomic mass is 35.5. The number of pyridine rings is 3. The van der Waals surface area contributed by atoms with Crippen LogP contribution in [0.15, 0.2) is 23.0 Å². The first kappa shape index (κ1) is 44.2. The van der Waals surface area contributed by atoms with Crippen molar-refractivity contribution in [1.29, 1.82) is 0 Å². The fourth-order valence-electron chi connectivity index (χ4n) is 2.47. The Bertz CT molecular complexity index is 1520. The molecule has 3 aromatic rings. The number of hydrogen-bond acceptors (Lipinski definition) is 11. The predicted molar refractivity (Wildman–Crippen MR) is 190 cm³/mol. The summed E-state index contributed by atoms with van der Waals surface area (Å²) >= 11 is 56.3. The van der Waals surface area contributed by atoms with Gasteiger partial charge in [-0.3, -0.25) is 22.9 Å². The van der Waals surface area contributed by atoms with Gasteiger partial charge in [-0.15, -0.1) is 0 Å². The van der Waals surface area contributed by atoms with Crippen LogP contribution in [0.4, 0.5) is 0 Å². The maximum absolute atomic E-state index is 12.1. The minimum Gasteiger partial charge on any atom is -0.404 e. The van der Waals surface area contributed by atoms with Gasteiger partial charge < -0.3 is 14.0 Å². The van der Waals surface area contributed by atoms with Gasteiger partial charge in [0.2, 0.25) is 11.8 Å². The summed E-state index contributed by atoms with van der Waals surface area (Å²) in [6.45, 7) is 4.97. The molecule has 3 heterocycles. The molecule has 3 rings (SSSR count). The first-order valence-corrected chi connectivity index (χ1v) is 19.8. The number of aromatic nitrogens is 3. The summed E-state index contributed by atoms with van der Waals surface area (Å²) in [6, 6.07) is 4.05. The van der Waals surface area contributed by atoms with Crippen LogP contribution in [-0.4, -0.2) is 41.4 Å². The van der Waals surface area contributed by atoms with Crippen molar-refractivity contribution in [3.63, 3.8) is 0 Å². The third-order valence-corrected chi connectivity index (χ3v) is 11.0. The van der Waals surface area contributed by atoms with Gasteiger partial charge in [-0.2, -0.15) is 9.97 Å². The van der Waals surface area contributed by atoms with Crippen LogP contribution in [-0.2, 0) is 34.5 Å². The largest absolute Gasteiger partial charge is 0.531 e. The van der Waals surface area contributed by atoms with Crippen molar-refractivity contribution < 1.29 is 31.7 Å². The summed E-state index contributed by atoms with van der Waals surface area (Å²) in [4.78, 5) is 20.6. The lowest BCUT2D eigenvalue weighted by Gasteiger charge is -2.20. The van der Waals surface area contributed by atoms with Crippen LogP contribution in [0.1, 0.15) is 27.7 Å². The Morgan fingerprint density at radius 2 is 1.02 bits per heavy atom. The number of H-pyrrole nitrogens is 1. The molecule has 11 nitrogen and oxygen atoms in total. The highest BCUT2D eigenvalue weighted by molar-refractivity contribution is 8.07. The molecule has 0 aliphatic carbocycles. The Morgan fingerprint density at radius 1 is 0.630 bits per heavy atom. The summed E-state index contributed by atoms with van der Waals surface area (Å²) in [6.07, 6.45) is 0. The van der Waals surface area contributed by atoms with E-state index in [0.29, 0.717) is 13.2 Å². The third-order valence-electron chi connectivity index (χ3n) is 4.16. The van der Waals surface area contributed by atoms with Crippen molar-refractivity contribution >= 4 is 131 Å². The summed E-state index contributed by atoms with van der Waals surface area (Å²) in [5.41, 5.74) is -0.434. The molecule has 258 valence electrons. The Kier molecular flexibility index (Phi) is 20.6. The van der Waals surface area contributed by atoms with E-state index in [1.54, 1.807) is 27.7 Å². The number of phosphoric acid groups is 1. The van der Waals surface area contributed by atoms with Crippen LogP contribution < -0.4 is 14.6 Å². The maximum Gasteiger partial charge on any atom is 0.531 e. The molecule has 0 aliphatic rings. The molecule has 0 atom stereocenters. The molecular weight excluding hydrogens is 859 g/mol. The molecule has 0 spiro atoms. The second kappa shape index (κ2) is 21.4. The summed E-state index contributed by atoms with van der Waals surface area (Å²) in [5, 5.41) is 1.09. The Morgan fingerprint density at radius 3 is 1.41 bits per heavy atom. The van der Waals surface area contributed by atoms with Crippen LogP contribution >= 0.6 is 119 Å². The van der Waals surface area contributed by atoms with Crippen molar-refractivity contribution in [1.82, 2.24) is 15.0 Å². The van der Waals surface area contributed by atoms with Crippen LogP contribution in [0.3, 0.4) is 0 Å². The number of phosphoric ester groups is 1. The van der Waals surface area contributed by atoms with Crippen molar-refractivity contribution in [2.24, 2.45) is 0 Å². The van der Waals surface area contributed by atoms with E-state index in [1.165, 1.54) is 18.2 Å². The van der Waals surface area contributed by atoms with Gasteiger partial charge in [0.05, 0.1) is 41.5 Å². The predicted octanol–water partition coefficient (Wildman–Crippen LogP) is 11.7. The topological polar surface area (TPSA) is 131 Å². The average molecular weight is 884 g/mol. The van der Waals surface area contributed by atoms with Crippen molar-refractivity contribution in [2.75, 3.05) is 26.4 Å². The Labute approximate surface area is 315 Å². The molecule has 0 saturated carbocycles. The number of nitrogens with zero attached hydrogens (tertiary/aromatic N) is 2. The van der Waals surface area contributed by atoms with Gasteiger partial charge in [-0.25, -0.2) is 4.57 Å². The fraction of sp³-hybridized carbons (Fsp3) is 0.348. The van der Waals surface area contributed by atoms with Gasteiger partial charge >= 0.3 is 14.5 Å². The average Bonchev–Trinajstić information content (AvgIpc) is 2.95. The zero-order chi connectivity index (χ0) is 35.2. The van der Waals surface area contributed by atoms with Gasteiger partial charge in [-0.05, 0) is 45.9 Å². The van der Waals surface area contributed by atoms with E-state index >= 15 is 0 Å². The summed E-state index contributed by atoms with van der Waals surface area (Å²) < 4.78 is 43.1. The van der Waals surface area contributed by atoms with Crippen molar-refractivity contribution in [3.8, 4) is 11.8 Å². The van der Waals surface area contributed by atoms with Gasteiger partial charge in [0.1, 0.15) is 20.2 Å². The smallest absolute Gasteiger partial charge is 0.404 e. The molecule has 1 N–H and O–H groups in total. The van der Waals surface area contributed by atoms with Gasteiger partial charge in [0.15, 0.2) is 10.3 Å². The normalized spacial score (nSPS) is 11.2. The first-order chi connectivity index (χ1) is 21.4. The van der Waals surface area contributed by atoms with Crippen LogP contribution in [0.2, 0.25) is 45.6 Å². The second-order valence-corrected chi connectivity index (χ2v) is 15.5. The summed E-state index contributed by atoms with van der Waals surface area (Å²) in [5.74, 6) is -0.104. The lowest BCUT2D eigenvalue weighted by molar-refractivity contribution is 0.166. The zero-order valence-corrected chi connectivity index (χ0v) is 33.3. The number of hydrogen-bond donors (Lipinski definition) is 1. The van der Waals surface area contributed by atoms with Gasteiger partial charge in [0, 0.05) is 11.8 Å². The van der Waals surface area contributed by atoms with Crippen LogP contribution in [0.5, 0.6) is 11.8 Å². The van der Waals surface area contributed by atoms with Crippen LogP contribution in [0.25, 0.3) is 0 Å². The van der Waals surface area contributed by atoms with E-state index in [0.717, 1.165) is 0 Å². The van der Waals surface area contributed by atoms with Crippen molar-refractivity contribution in [2.45, 2.75) is 27.7 Å². The minimum absolute atomic E-state index is 0.0180. The highest BCUT2D eigenvalue weighted by Crippen LogP contribution is 2.52. The number of aromatic amines is 1. The molecule has 0 aromatic carbocycles. The monoisotopic (exact) mass is 879 g/mol. The molecule has 0 amide bonds. The third kappa shape index (κ3) is 15.0. The Hall–Kier alpha value is 0.180. The second-order valence-electron chi connectivity index (χ2n) is 7.45. The van der Waals surface area contributed by atoms with E-state index < -0.39 is 20.1 Å². The standard InChI is InChI=1S/C9H11Cl3NO4P.C9H11Cl3NO3PS.C5H2Cl3NO/c1-3-15-18(14,16-4-2)17-9-7(11)5-6(10)8(12)13-9;1-3-14-17(18,15-4-2)16-9-7(11)5-6(10)8(12)13-9;6-2-1-3(7)5(10)9-4(2)8/h2*5H,3-4H2,1-2H3;1H,(H,9,10). The fourth-order valence-corrected chi connectivity index (χ4v) is 7.31. The Balaban J connectivity index is 0.000000360. The molecular formula is C23H24Cl9N3O8P2S. The lowest BCUT2D eigenvalue weighted by Crippen LogP contribution is -2.05. The number of halogens is 9. The van der Waals surface area contributed by atoms with E-state index in [4.69, 9.17) is 143 Å². The molecule has 0 fully saturated rings. The van der Waals surface area contributed by atoms with E-state index in [-0.39, 0.29) is 70.6 Å². The SMILES string of the molecule is CCOP(=O)(OCC)Oc1nc(Cl)c(Cl)cc1Cl.CCOP(=S)(OCC)Oc1nc(Cl)c(Cl)cc1Cl.O=c1[nH]c(Cl)c(Cl)cc1Cl. The number of rotatable bonds is 12. The highest BCUT2D eigenvalue weighted by Gasteiger charge is 2.29. The molecule has 23 heteroatoms. The molecule has 0 radical (unpaired) electrons. The molecule has 46 heavy (non-hydrogen) atoms. The minimum atomic E-state index is -3.75. The molecule has 3 aromatic heterocycles. The van der Waals surface area contributed by atoms with E-state index in [9.17, 15) is 9.36 Å². The van der Waals surface area contributed by atoms with Gasteiger partial charge in [-0.1, -0.05) is 104 Å². The quantitative estimate of drug-likeness (QED) is 0.138. The van der Waals surface area contributed by atoms with E-state index in [1.807, 2.05) is 0 Å². The molecule has 0 aliphatic heterocycles. The number of nitrogens with one attached hydrogen (secondary N) is 1. The molecule has 0 unspecified atom stereocenters. The first-order valence-electron chi connectivity index (χ1n) is 12.4. The maximum atomic E-state index is 12.1. The lowest BCUT2D eigenvalue weighted by atomic mass is 10.5. The molecule has 0 saturated heterocycles. The zero-order valence-electron chi connectivity index (χ0n) is 23.9. The molecule has 0 bridgehead atoms. The van der Waals surface area contributed by atoms with Gasteiger partial charge in [0.25, 0.3) is 5.56 Å². The van der Waals surface area contributed by atoms with Crippen LogP contribution in [0, 0.1) is 0 Å². The van der Waals surface area contributed by atoms with Crippen molar-refractivity contribution in [3.05, 3.63) is 74.1 Å². The summed E-state index contributed by atoms with van der Waals surface area (Å²) in [7, 11) is -3.75. The van der Waals surface area contributed by atoms with E-state index in [2.05, 4.69) is 15.0 Å².